The number of benzene rings is 1. The molecule has 26 heavy (non-hydrogen) atoms. The topological polar surface area (TPSA) is 75.1 Å². The zero-order valence-corrected chi connectivity index (χ0v) is 18.4. The maximum Gasteiger partial charge on any atom is 0.191 e. The van der Waals surface area contributed by atoms with E-state index >= 15 is 0 Å². The molecule has 1 aromatic carbocycles. The van der Waals surface area contributed by atoms with Crippen LogP contribution < -0.4 is 20.1 Å². The largest absolute Gasteiger partial charge is 0.497 e. The lowest BCUT2D eigenvalue weighted by Gasteiger charge is -2.21. The minimum atomic E-state index is -0.220. The van der Waals surface area contributed by atoms with Gasteiger partial charge < -0.3 is 25.2 Å². The molecule has 3 unspecified atom stereocenters. The quantitative estimate of drug-likeness (QED) is 0.320. The molecule has 0 aromatic heterocycles. The van der Waals surface area contributed by atoms with Crippen molar-refractivity contribution in [3.63, 3.8) is 0 Å². The van der Waals surface area contributed by atoms with Crippen molar-refractivity contribution in [3.8, 4) is 11.5 Å². The first-order valence-corrected chi connectivity index (χ1v) is 9.03. The molecule has 0 amide bonds. The highest BCUT2D eigenvalue weighted by Gasteiger charge is 2.25. The Morgan fingerprint density at radius 3 is 2.65 bits per heavy atom. The van der Waals surface area contributed by atoms with Crippen molar-refractivity contribution in [1.29, 1.82) is 0 Å². The molecular formula is C19H32IN3O3. The van der Waals surface area contributed by atoms with Crippen LogP contribution in [0.4, 0.5) is 0 Å². The molecule has 3 atom stereocenters. The second-order valence-electron chi connectivity index (χ2n) is 6.45. The van der Waals surface area contributed by atoms with Crippen molar-refractivity contribution < 1.29 is 14.6 Å². The summed E-state index contributed by atoms with van der Waals surface area (Å²) in [6.45, 7) is 5.52. The third-order valence-corrected chi connectivity index (χ3v) is 4.70. The minimum Gasteiger partial charge on any atom is -0.497 e. The van der Waals surface area contributed by atoms with Crippen LogP contribution in [0.15, 0.2) is 23.2 Å². The molecule has 0 radical (unpaired) electrons. The Morgan fingerprint density at radius 1 is 1.31 bits per heavy atom. The van der Waals surface area contributed by atoms with Crippen molar-refractivity contribution in [3.05, 3.63) is 23.8 Å². The molecule has 0 heterocycles. The maximum atomic E-state index is 9.98. The number of methoxy groups -OCH3 is 2. The molecule has 1 aliphatic carbocycles. The average molecular weight is 477 g/mol. The number of aliphatic imine (C=N–C) groups is 1. The van der Waals surface area contributed by atoms with Crippen molar-refractivity contribution in [2.75, 3.05) is 27.3 Å². The third-order valence-electron chi connectivity index (χ3n) is 4.70. The Bertz CT molecular complexity index is 583. The highest BCUT2D eigenvalue weighted by Crippen LogP contribution is 2.29. The smallest absolute Gasteiger partial charge is 0.191 e. The zero-order valence-electron chi connectivity index (χ0n) is 16.1. The van der Waals surface area contributed by atoms with Gasteiger partial charge in [0.25, 0.3) is 0 Å². The van der Waals surface area contributed by atoms with E-state index in [1.165, 1.54) is 0 Å². The molecule has 0 bridgehead atoms. The number of nitrogens with zero attached hydrogens (tertiary/aromatic N) is 1. The number of nitrogens with one attached hydrogen (secondary N) is 2. The second kappa shape index (κ2) is 11.5. The number of aliphatic hydroxyl groups excluding tert-OH is 1. The standard InChI is InChI=1S/C19H31N3O3.HI/c1-5-20-19(21-12-14-7-6-8-17(14)23)22-13(2)16-11-15(24-3)9-10-18(16)25-4;/h9-11,13-14,17,23H,5-8,12H2,1-4H3,(H2,20,21,22);1H. The lowest BCUT2D eigenvalue weighted by molar-refractivity contribution is 0.136. The number of hydrogen-bond acceptors (Lipinski definition) is 4. The first-order valence-electron chi connectivity index (χ1n) is 9.03. The molecule has 2 rings (SSSR count). The van der Waals surface area contributed by atoms with E-state index in [9.17, 15) is 5.11 Å². The van der Waals surface area contributed by atoms with Crippen molar-refractivity contribution in [2.45, 2.75) is 45.3 Å². The van der Waals surface area contributed by atoms with Crippen LogP contribution in [0.25, 0.3) is 0 Å². The number of halogens is 1. The van der Waals surface area contributed by atoms with E-state index in [-0.39, 0.29) is 42.0 Å². The van der Waals surface area contributed by atoms with Crippen molar-refractivity contribution in [2.24, 2.45) is 10.9 Å². The van der Waals surface area contributed by atoms with E-state index in [0.29, 0.717) is 6.54 Å². The van der Waals surface area contributed by atoms with Gasteiger partial charge in [0, 0.05) is 24.6 Å². The molecule has 6 nitrogen and oxygen atoms in total. The number of guanidine groups is 1. The molecular weight excluding hydrogens is 445 g/mol. The molecule has 1 aromatic rings. The molecule has 0 aliphatic heterocycles. The molecule has 0 saturated heterocycles. The monoisotopic (exact) mass is 477 g/mol. The summed E-state index contributed by atoms with van der Waals surface area (Å²) in [4.78, 5) is 4.67. The van der Waals surface area contributed by atoms with Gasteiger partial charge in [0.05, 0.1) is 26.4 Å². The predicted octanol–water partition coefficient (Wildman–Crippen LogP) is 3.10. The Balaban J connectivity index is 0.00000338. The lowest BCUT2D eigenvalue weighted by atomic mass is 10.1. The van der Waals surface area contributed by atoms with Crippen LogP contribution in [0.3, 0.4) is 0 Å². The number of aliphatic hydroxyl groups is 1. The number of rotatable bonds is 7. The molecule has 0 spiro atoms. The fourth-order valence-electron chi connectivity index (χ4n) is 3.22. The third kappa shape index (κ3) is 6.19. The molecule has 1 fully saturated rings. The van der Waals surface area contributed by atoms with Crippen molar-refractivity contribution >= 4 is 29.9 Å². The normalized spacial score (nSPS) is 20.9. The molecule has 3 N–H and O–H groups in total. The molecule has 1 aliphatic rings. The highest BCUT2D eigenvalue weighted by molar-refractivity contribution is 14.0. The van der Waals surface area contributed by atoms with Gasteiger partial charge in [0.1, 0.15) is 11.5 Å². The first-order chi connectivity index (χ1) is 12.1. The summed E-state index contributed by atoms with van der Waals surface area (Å²) < 4.78 is 10.8. The van der Waals surface area contributed by atoms with Crippen LogP contribution in [-0.4, -0.2) is 44.5 Å². The fraction of sp³-hybridized carbons (Fsp3) is 0.632. The van der Waals surface area contributed by atoms with Gasteiger partial charge in [-0.1, -0.05) is 6.42 Å². The Labute approximate surface area is 173 Å². The Hall–Kier alpha value is -1.22. The van der Waals surface area contributed by atoms with E-state index in [1.54, 1.807) is 14.2 Å². The average Bonchev–Trinajstić information content (AvgIpc) is 3.04. The van der Waals surface area contributed by atoms with Gasteiger partial charge in [-0.2, -0.15) is 0 Å². The van der Waals surface area contributed by atoms with Crippen LogP contribution in [0.5, 0.6) is 11.5 Å². The van der Waals surface area contributed by atoms with Gasteiger partial charge in [-0.15, -0.1) is 24.0 Å². The van der Waals surface area contributed by atoms with Gasteiger partial charge in [0.15, 0.2) is 5.96 Å². The van der Waals surface area contributed by atoms with E-state index in [0.717, 1.165) is 48.8 Å². The van der Waals surface area contributed by atoms with E-state index in [2.05, 4.69) is 22.5 Å². The van der Waals surface area contributed by atoms with Crippen LogP contribution in [-0.2, 0) is 0 Å². The summed E-state index contributed by atoms with van der Waals surface area (Å²) in [7, 11) is 3.32. The summed E-state index contributed by atoms with van der Waals surface area (Å²) in [6, 6.07) is 5.76. The van der Waals surface area contributed by atoms with Gasteiger partial charge >= 0.3 is 0 Å². The fourth-order valence-corrected chi connectivity index (χ4v) is 3.22. The van der Waals surface area contributed by atoms with E-state index in [1.807, 2.05) is 25.1 Å². The first kappa shape index (κ1) is 22.8. The second-order valence-corrected chi connectivity index (χ2v) is 6.45. The van der Waals surface area contributed by atoms with Crippen LogP contribution >= 0.6 is 24.0 Å². The van der Waals surface area contributed by atoms with Crippen LogP contribution in [0.2, 0.25) is 0 Å². The highest BCUT2D eigenvalue weighted by atomic mass is 127. The molecule has 148 valence electrons. The Kier molecular flexibility index (Phi) is 10.1. The van der Waals surface area contributed by atoms with Gasteiger partial charge in [-0.25, -0.2) is 0 Å². The summed E-state index contributed by atoms with van der Waals surface area (Å²) in [5, 5.41) is 16.7. The predicted molar refractivity (Wildman–Crippen MR) is 116 cm³/mol. The van der Waals surface area contributed by atoms with Gasteiger partial charge in [-0.05, 0) is 44.9 Å². The molecule has 7 heteroatoms. The summed E-state index contributed by atoms with van der Waals surface area (Å²) in [5.74, 6) is 2.61. The van der Waals surface area contributed by atoms with Crippen LogP contribution in [0, 0.1) is 5.92 Å². The SMILES string of the molecule is CCNC(=NCC1CCCC1O)NC(C)c1cc(OC)ccc1OC.I. The maximum absolute atomic E-state index is 9.98. The number of ether oxygens (including phenoxy) is 2. The summed E-state index contributed by atoms with van der Waals surface area (Å²) in [6.07, 6.45) is 2.80. The van der Waals surface area contributed by atoms with Gasteiger partial charge in [0.2, 0.25) is 0 Å². The number of hydrogen-bond donors (Lipinski definition) is 3. The molecule has 1 saturated carbocycles. The van der Waals surface area contributed by atoms with E-state index in [4.69, 9.17) is 9.47 Å². The van der Waals surface area contributed by atoms with Crippen molar-refractivity contribution in [1.82, 2.24) is 10.6 Å². The zero-order chi connectivity index (χ0) is 18.2. The summed E-state index contributed by atoms with van der Waals surface area (Å²) >= 11 is 0. The van der Waals surface area contributed by atoms with E-state index < -0.39 is 0 Å². The Morgan fingerprint density at radius 2 is 2.08 bits per heavy atom. The summed E-state index contributed by atoms with van der Waals surface area (Å²) in [5.41, 5.74) is 1.01. The lowest BCUT2D eigenvalue weighted by Crippen LogP contribution is -2.39. The van der Waals surface area contributed by atoms with Gasteiger partial charge in [-0.3, -0.25) is 4.99 Å². The minimum absolute atomic E-state index is 0. The van der Waals surface area contributed by atoms with Crippen LogP contribution in [0.1, 0.15) is 44.7 Å².